The van der Waals surface area contributed by atoms with E-state index in [4.69, 9.17) is 5.11 Å². The molecule has 1 rings (SSSR count). The third kappa shape index (κ3) is 5.64. The predicted octanol–water partition coefficient (Wildman–Crippen LogP) is 2.02. The Morgan fingerprint density at radius 1 is 1.19 bits per heavy atom. The number of carbonyl (C=O) groups excluding carboxylic acids is 2. The summed E-state index contributed by atoms with van der Waals surface area (Å²) in [4.78, 5) is 34.0. The number of unbranched alkanes of at least 4 members (excludes halogenated alkanes) is 1. The van der Waals surface area contributed by atoms with Crippen LogP contribution in [0.25, 0.3) is 0 Å². The zero-order chi connectivity index (χ0) is 15.8. The van der Waals surface area contributed by atoms with Gasteiger partial charge in [-0.15, -0.1) is 0 Å². The van der Waals surface area contributed by atoms with Crippen molar-refractivity contribution in [3.05, 3.63) is 29.8 Å². The summed E-state index contributed by atoms with van der Waals surface area (Å²) in [5.74, 6) is -1.67. The number of aliphatic carboxylic acids is 1. The lowest BCUT2D eigenvalue weighted by Gasteiger charge is -2.14. The molecule has 3 N–H and O–H groups in total. The molecule has 0 spiro atoms. The highest BCUT2D eigenvalue weighted by Crippen LogP contribution is 2.10. The zero-order valence-corrected chi connectivity index (χ0v) is 12.2. The Kier molecular flexibility index (Phi) is 6.39. The molecule has 0 bridgehead atoms. The van der Waals surface area contributed by atoms with E-state index >= 15 is 0 Å². The first-order valence-corrected chi connectivity index (χ1v) is 6.85. The van der Waals surface area contributed by atoms with Crippen molar-refractivity contribution in [3.63, 3.8) is 0 Å². The highest BCUT2D eigenvalue weighted by molar-refractivity contribution is 5.97. The molecule has 21 heavy (non-hydrogen) atoms. The molecule has 0 saturated carbocycles. The van der Waals surface area contributed by atoms with E-state index < -0.39 is 17.9 Å². The first-order chi connectivity index (χ1) is 9.93. The van der Waals surface area contributed by atoms with Crippen LogP contribution in [0.15, 0.2) is 24.3 Å². The summed E-state index contributed by atoms with van der Waals surface area (Å²) in [6, 6.07) is 5.39. The lowest BCUT2D eigenvalue weighted by molar-refractivity contribution is -0.139. The normalized spacial score (nSPS) is 11.5. The lowest BCUT2D eigenvalue weighted by atomic mass is 10.1. The van der Waals surface area contributed by atoms with Gasteiger partial charge in [-0.1, -0.05) is 19.8 Å². The maximum atomic E-state index is 12.0. The second-order valence-corrected chi connectivity index (χ2v) is 4.77. The van der Waals surface area contributed by atoms with Crippen LogP contribution in [0.2, 0.25) is 0 Å². The molecule has 1 atom stereocenters. The molecular weight excluding hydrogens is 272 g/mol. The molecule has 0 aliphatic rings. The Hall–Kier alpha value is -2.37. The number of carboxylic acids is 1. The van der Waals surface area contributed by atoms with Gasteiger partial charge in [0.2, 0.25) is 5.91 Å². The summed E-state index contributed by atoms with van der Waals surface area (Å²) < 4.78 is 0. The van der Waals surface area contributed by atoms with Crippen molar-refractivity contribution in [1.82, 2.24) is 5.32 Å². The van der Waals surface area contributed by atoms with Gasteiger partial charge in [0, 0.05) is 18.2 Å². The number of carbonyl (C=O) groups is 3. The van der Waals surface area contributed by atoms with E-state index in [0.717, 1.165) is 12.8 Å². The first kappa shape index (κ1) is 16.7. The summed E-state index contributed by atoms with van der Waals surface area (Å²) in [6.07, 6.45) is 2.01. The second kappa shape index (κ2) is 8.04. The minimum absolute atomic E-state index is 0.197. The molecule has 0 aliphatic heterocycles. The number of amides is 2. The van der Waals surface area contributed by atoms with Crippen molar-refractivity contribution in [3.8, 4) is 0 Å². The van der Waals surface area contributed by atoms with E-state index in [9.17, 15) is 14.4 Å². The van der Waals surface area contributed by atoms with Gasteiger partial charge in [-0.2, -0.15) is 0 Å². The van der Waals surface area contributed by atoms with Gasteiger partial charge in [-0.25, -0.2) is 4.79 Å². The fourth-order valence-corrected chi connectivity index (χ4v) is 1.82. The van der Waals surface area contributed by atoms with Gasteiger partial charge in [0.1, 0.15) is 6.04 Å². The van der Waals surface area contributed by atoms with E-state index in [1.807, 2.05) is 6.92 Å². The smallest absolute Gasteiger partial charge is 0.326 e. The van der Waals surface area contributed by atoms with Crippen molar-refractivity contribution in [2.24, 2.45) is 0 Å². The molecule has 0 heterocycles. The van der Waals surface area contributed by atoms with Crippen LogP contribution < -0.4 is 10.6 Å². The predicted molar refractivity (Wildman–Crippen MR) is 79.2 cm³/mol. The molecule has 6 heteroatoms. The zero-order valence-electron chi connectivity index (χ0n) is 12.2. The molecular formula is C15H20N2O4. The molecule has 0 saturated heterocycles. The van der Waals surface area contributed by atoms with Crippen molar-refractivity contribution >= 4 is 23.5 Å². The average molecular weight is 292 g/mol. The Morgan fingerprint density at radius 2 is 1.81 bits per heavy atom. The lowest BCUT2D eigenvalue weighted by Crippen LogP contribution is -2.40. The Labute approximate surface area is 123 Å². The topological polar surface area (TPSA) is 95.5 Å². The minimum atomic E-state index is -1.04. The van der Waals surface area contributed by atoms with Crippen molar-refractivity contribution < 1.29 is 19.5 Å². The number of hydrogen-bond donors (Lipinski definition) is 3. The highest BCUT2D eigenvalue weighted by Gasteiger charge is 2.19. The largest absolute Gasteiger partial charge is 0.480 e. The average Bonchev–Trinajstić information content (AvgIpc) is 2.43. The van der Waals surface area contributed by atoms with Crippen LogP contribution in [0, 0.1) is 0 Å². The molecule has 2 amide bonds. The van der Waals surface area contributed by atoms with Gasteiger partial charge in [0.05, 0.1) is 0 Å². The summed E-state index contributed by atoms with van der Waals surface area (Å²) in [5, 5.41) is 14.2. The summed E-state index contributed by atoms with van der Waals surface area (Å²) >= 11 is 0. The standard InChI is InChI=1S/C15H20N2O4/c1-3-4-5-13(15(20)21)17-14(19)11-6-8-12(9-7-11)16-10(2)18/h6-9,13H,3-5H2,1-2H3,(H,16,18)(H,17,19)(H,20,21). The fraction of sp³-hybridized carbons (Fsp3) is 0.400. The monoisotopic (exact) mass is 292 g/mol. The summed E-state index contributed by atoms with van der Waals surface area (Å²) in [7, 11) is 0. The van der Waals surface area contributed by atoms with E-state index in [0.29, 0.717) is 17.7 Å². The highest BCUT2D eigenvalue weighted by atomic mass is 16.4. The molecule has 1 aromatic rings. The maximum absolute atomic E-state index is 12.0. The number of benzene rings is 1. The molecule has 0 aliphatic carbocycles. The van der Waals surface area contributed by atoms with E-state index in [1.165, 1.54) is 6.92 Å². The maximum Gasteiger partial charge on any atom is 0.326 e. The van der Waals surface area contributed by atoms with Crippen molar-refractivity contribution in [2.75, 3.05) is 5.32 Å². The number of rotatable bonds is 7. The van der Waals surface area contributed by atoms with Gasteiger partial charge in [-0.05, 0) is 30.7 Å². The van der Waals surface area contributed by atoms with Gasteiger partial charge < -0.3 is 15.7 Å². The third-order valence-electron chi connectivity index (χ3n) is 2.92. The number of anilines is 1. The molecule has 0 aromatic heterocycles. The van der Waals surface area contributed by atoms with Crippen LogP contribution >= 0.6 is 0 Å². The van der Waals surface area contributed by atoms with Gasteiger partial charge in [0.25, 0.3) is 5.91 Å². The summed E-state index contributed by atoms with van der Waals surface area (Å²) in [6.45, 7) is 3.35. The molecule has 0 fully saturated rings. The van der Waals surface area contributed by atoms with Crippen molar-refractivity contribution in [1.29, 1.82) is 0 Å². The minimum Gasteiger partial charge on any atom is -0.480 e. The Balaban J connectivity index is 2.69. The Bertz CT molecular complexity index is 511. The van der Waals surface area contributed by atoms with Crippen LogP contribution in [-0.4, -0.2) is 28.9 Å². The number of carboxylic acid groups (broad SMARTS) is 1. The van der Waals surface area contributed by atoms with Crippen LogP contribution in [0.3, 0.4) is 0 Å². The van der Waals surface area contributed by atoms with Crippen LogP contribution in [0.1, 0.15) is 43.5 Å². The number of hydrogen-bond acceptors (Lipinski definition) is 3. The van der Waals surface area contributed by atoms with Crippen LogP contribution in [-0.2, 0) is 9.59 Å². The fourth-order valence-electron chi connectivity index (χ4n) is 1.82. The molecule has 1 unspecified atom stereocenters. The first-order valence-electron chi connectivity index (χ1n) is 6.85. The summed E-state index contributed by atoms with van der Waals surface area (Å²) in [5.41, 5.74) is 0.937. The van der Waals surface area contributed by atoms with Gasteiger partial charge in [-0.3, -0.25) is 9.59 Å². The second-order valence-electron chi connectivity index (χ2n) is 4.77. The van der Waals surface area contributed by atoms with E-state index in [-0.39, 0.29) is 5.91 Å². The molecule has 114 valence electrons. The van der Waals surface area contributed by atoms with E-state index in [2.05, 4.69) is 10.6 Å². The molecule has 0 radical (unpaired) electrons. The van der Waals surface area contributed by atoms with E-state index in [1.54, 1.807) is 24.3 Å². The third-order valence-corrected chi connectivity index (χ3v) is 2.92. The van der Waals surface area contributed by atoms with Gasteiger partial charge in [0.15, 0.2) is 0 Å². The molecule has 6 nitrogen and oxygen atoms in total. The quantitative estimate of drug-likeness (QED) is 0.716. The van der Waals surface area contributed by atoms with Crippen molar-refractivity contribution in [2.45, 2.75) is 39.2 Å². The van der Waals surface area contributed by atoms with Gasteiger partial charge >= 0.3 is 5.97 Å². The van der Waals surface area contributed by atoms with Crippen LogP contribution in [0.5, 0.6) is 0 Å². The Morgan fingerprint density at radius 3 is 2.29 bits per heavy atom. The SMILES string of the molecule is CCCCC(NC(=O)c1ccc(NC(C)=O)cc1)C(=O)O. The molecule has 1 aromatic carbocycles. The van der Waals surface area contributed by atoms with Crippen LogP contribution in [0.4, 0.5) is 5.69 Å². The number of nitrogens with one attached hydrogen (secondary N) is 2.